The Hall–Kier alpha value is 0.0569. The van der Waals surface area contributed by atoms with Crippen LogP contribution in [0.25, 0.3) is 0 Å². The molecule has 27 heavy (non-hydrogen) atoms. The zero-order valence-corrected chi connectivity index (χ0v) is 20.4. The molecule has 4 unspecified atom stereocenters. The summed E-state index contributed by atoms with van der Waals surface area (Å²) in [7, 11) is 1.16. The largest absolute Gasteiger partial charge is 0.314 e. The molecule has 0 spiro atoms. The molecule has 0 radical (unpaired) electrons. The van der Waals surface area contributed by atoms with Crippen molar-refractivity contribution in [3.05, 3.63) is 0 Å². The van der Waals surface area contributed by atoms with Crippen LogP contribution in [0.4, 0.5) is 0 Å². The third kappa shape index (κ3) is 5.36. The van der Waals surface area contributed by atoms with Gasteiger partial charge in [0.15, 0.2) is 0 Å². The van der Waals surface area contributed by atoms with Crippen LogP contribution in [0, 0.1) is 11.8 Å². The summed E-state index contributed by atoms with van der Waals surface area (Å²) >= 11 is 0. The molecule has 2 saturated carbocycles. The van der Waals surface area contributed by atoms with Crippen molar-refractivity contribution in [2.45, 2.75) is 109 Å². The number of fused-ring (bicyclic) bond motifs is 2. The SMILES string of the molecule is C1CCC2NCCCC2C1.CCNC1(NCC)CCC2CCCCC2N1[SiH3]. The summed E-state index contributed by atoms with van der Waals surface area (Å²) in [6.45, 7) is 7.84. The van der Waals surface area contributed by atoms with E-state index in [1.54, 1.807) is 0 Å². The van der Waals surface area contributed by atoms with Gasteiger partial charge in [0, 0.05) is 12.1 Å². The smallest absolute Gasteiger partial charge is 0.119 e. The number of nitrogens with one attached hydrogen (secondary N) is 3. The topological polar surface area (TPSA) is 39.3 Å². The van der Waals surface area contributed by atoms with Gasteiger partial charge in [-0.15, -0.1) is 0 Å². The van der Waals surface area contributed by atoms with Gasteiger partial charge in [0.1, 0.15) is 5.79 Å². The fourth-order valence-corrected chi connectivity index (χ4v) is 7.66. The quantitative estimate of drug-likeness (QED) is 0.506. The average Bonchev–Trinajstić information content (AvgIpc) is 2.72. The summed E-state index contributed by atoms with van der Waals surface area (Å²) < 4.78 is 2.74. The van der Waals surface area contributed by atoms with Gasteiger partial charge in [-0.2, -0.15) is 0 Å². The molecular formula is C22H46N4Si. The van der Waals surface area contributed by atoms with Crippen LogP contribution in [-0.2, 0) is 0 Å². The molecule has 2 heterocycles. The lowest BCUT2D eigenvalue weighted by molar-refractivity contribution is -0.0234. The van der Waals surface area contributed by atoms with E-state index in [1.165, 1.54) is 83.6 Å². The lowest BCUT2D eigenvalue weighted by Gasteiger charge is -2.55. The second-order valence-electron chi connectivity index (χ2n) is 9.43. The van der Waals surface area contributed by atoms with Crippen LogP contribution in [0.15, 0.2) is 0 Å². The first kappa shape index (κ1) is 21.8. The normalized spacial score (nSPS) is 36.2. The summed E-state index contributed by atoms with van der Waals surface area (Å²) in [5.74, 6) is 2.14. The van der Waals surface area contributed by atoms with E-state index in [2.05, 4.69) is 34.4 Å². The third-order valence-corrected chi connectivity index (χ3v) is 9.28. The van der Waals surface area contributed by atoms with Gasteiger partial charge < -0.3 is 9.88 Å². The van der Waals surface area contributed by atoms with Gasteiger partial charge in [0.25, 0.3) is 0 Å². The van der Waals surface area contributed by atoms with Crippen LogP contribution in [0.1, 0.15) is 90.9 Å². The van der Waals surface area contributed by atoms with Crippen molar-refractivity contribution < 1.29 is 0 Å². The summed E-state index contributed by atoms with van der Waals surface area (Å²) in [4.78, 5) is 0. The summed E-state index contributed by atoms with van der Waals surface area (Å²) in [6, 6.07) is 1.75. The lowest BCUT2D eigenvalue weighted by Crippen LogP contribution is -2.72. The van der Waals surface area contributed by atoms with Gasteiger partial charge in [0.05, 0.1) is 10.4 Å². The highest BCUT2D eigenvalue weighted by molar-refractivity contribution is 6.05. The molecule has 0 amide bonds. The first-order valence-corrected chi connectivity index (χ1v) is 13.1. The fraction of sp³-hybridized carbons (Fsp3) is 1.00. The maximum Gasteiger partial charge on any atom is 0.119 e. The summed E-state index contributed by atoms with van der Waals surface area (Å²) in [5, 5.41) is 11.1. The Balaban J connectivity index is 0.000000177. The predicted octanol–water partition coefficient (Wildman–Crippen LogP) is 2.72. The van der Waals surface area contributed by atoms with Crippen LogP contribution < -0.4 is 16.0 Å². The van der Waals surface area contributed by atoms with Crippen molar-refractivity contribution in [2.24, 2.45) is 11.8 Å². The highest BCUT2D eigenvalue weighted by atomic mass is 28.2. The van der Waals surface area contributed by atoms with Crippen molar-refractivity contribution >= 4 is 10.4 Å². The van der Waals surface area contributed by atoms with E-state index in [0.717, 1.165) is 47.4 Å². The van der Waals surface area contributed by atoms with Crippen molar-refractivity contribution in [3.63, 3.8) is 0 Å². The van der Waals surface area contributed by atoms with Crippen LogP contribution in [0.5, 0.6) is 0 Å². The minimum absolute atomic E-state index is 0.119. The molecule has 0 aromatic rings. The van der Waals surface area contributed by atoms with Gasteiger partial charge in [0.2, 0.25) is 0 Å². The Morgan fingerprint density at radius 1 is 0.852 bits per heavy atom. The number of nitrogens with zero attached hydrogens (tertiary/aromatic N) is 1. The average molecular weight is 395 g/mol. The highest BCUT2D eigenvalue weighted by Gasteiger charge is 2.44. The Kier molecular flexibility index (Phi) is 8.64. The number of rotatable bonds is 4. The number of hydrogen-bond acceptors (Lipinski definition) is 4. The van der Waals surface area contributed by atoms with Gasteiger partial charge in [-0.25, -0.2) is 0 Å². The van der Waals surface area contributed by atoms with Crippen molar-refractivity contribution in [3.8, 4) is 0 Å². The molecule has 4 nitrogen and oxygen atoms in total. The molecule has 0 aromatic heterocycles. The van der Waals surface area contributed by atoms with Crippen molar-refractivity contribution in [2.75, 3.05) is 19.6 Å². The molecule has 4 fully saturated rings. The molecule has 0 bridgehead atoms. The maximum atomic E-state index is 3.73. The minimum atomic E-state index is 0.119. The van der Waals surface area contributed by atoms with E-state index in [0.29, 0.717) is 0 Å². The number of hydrogen-bond donors (Lipinski definition) is 3. The first-order chi connectivity index (χ1) is 13.2. The summed E-state index contributed by atoms with van der Waals surface area (Å²) in [6.07, 6.45) is 17.3. The molecule has 0 aromatic carbocycles. The van der Waals surface area contributed by atoms with Gasteiger partial charge in [-0.3, -0.25) is 10.6 Å². The highest BCUT2D eigenvalue weighted by Crippen LogP contribution is 2.39. The minimum Gasteiger partial charge on any atom is -0.314 e. The van der Waals surface area contributed by atoms with E-state index < -0.39 is 0 Å². The second kappa shape index (κ2) is 10.7. The zero-order valence-electron chi connectivity index (χ0n) is 18.4. The standard InChI is InChI=1S/C13H29N3Si.C9H17N/c1-3-14-13(15-4-2)10-9-11-7-5-6-8-12(11)16(13)17;1-2-6-9-8(4-1)5-3-7-10-9/h11-12,14-15H,3-10H2,1-2,17H3;8-10H,1-7H2. The van der Waals surface area contributed by atoms with Gasteiger partial charge in [-0.1, -0.05) is 39.5 Å². The Labute approximate surface area is 171 Å². The zero-order chi connectivity index (χ0) is 19.1. The van der Waals surface area contributed by atoms with E-state index in [9.17, 15) is 0 Å². The number of piperidine rings is 2. The van der Waals surface area contributed by atoms with E-state index in [1.807, 2.05) is 0 Å². The molecule has 4 aliphatic rings. The molecule has 3 N–H and O–H groups in total. The van der Waals surface area contributed by atoms with Crippen molar-refractivity contribution in [1.82, 2.24) is 20.5 Å². The monoisotopic (exact) mass is 394 g/mol. The van der Waals surface area contributed by atoms with Gasteiger partial charge in [-0.05, 0) is 82.8 Å². The summed E-state index contributed by atoms with van der Waals surface area (Å²) in [5.41, 5.74) is 0. The lowest BCUT2D eigenvalue weighted by atomic mass is 9.77. The Morgan fingerprint density at radius 2 is 1.48 bits per heavy atom. The van der Waals surface area contributed by atoms with Crippen LogP contribution in [0.3, 0.4) is 0 Å². The molecule has 2 saturated heterocycles. The van der Waals surface area contributed by atoms with E-state index in [-0.39, 0.29) is 5.79 Å². The second-order valence-corrected chi connectivity index (χ2v) is 10.4. The van der Waals surface area contributed by atoms with Crippen LogP contribution in [-0.4, -0.2) is 52.5 Å². The van der Waals surface area contributed by atoms with Crippen LogP contribution >= 0.6 is 0 Å². The molecule has 2 aliphatic carbocycles. The molecular weight excluding hydrogens is 348 g/mol. The van der Waals surface area contributed by atoms with E-state index >= 15 is 0 Å². The fourth-order valence-electron chi connectivity index (χ4n) is 6.44. The molecule has 2 aliphatic heterocycles. The van der Waals surface area contributed by atoms with Crippen LogP contribution in [0.2, 0.25) is 0 Å². The maximum absolute atomic E-state index is 3.73. The third-order valence-electron chi connectivity index (χ3n) is 7.85. The molecule has 4 rings (SSSR count). The predicted molar refractivity (Wildman–Crippen MR) is 120 cm³/mol. The Morgan fingerprint density at radius 3 is 2.19 bits per heavy atom. The van der Waals surface area contributed by atoms with Gasteiger partial charge >= 0.3 is 0 Å². The molecule has 4 atom stereocenters. The Bertz CT molecular complexity index is 401. The molecule has 5 heteroatoms. The molecule has 158 valence electrons. The first-order valence-electron chi connectivity index (χ1n) is 12.2. The van der Waals surface area contributed by atoms with Crippen molar-refractivity contribution in [1.29, 1.82) is 0 Å². The van der Waals surface area contributed by atoms with E-state index in [4.69, 9.17) is 0 Å².